The zero-order valence-corrected chi connectivity index (χ0v) is 12.5. The molecule has 23 heavy (non-hydrogen) atoms. The Morgan fingerprint density at radius 1 is 1.61 bits per heavy atom. The molecule has 4 rings (SSSR count). The highest BCUT2D eigenvalue weighted by molar-refractivity contribution is 6.15. The first-order valence-corrected chi connectivity index (χ1v) is 7.46. The Labute approximate surface area is 133 Å². The maximum Gasteiger partial charge on any atom is 0.167 e. The van der Waals surface area contributed by atoms with E-state index in [-0.39, 0.29) is 6.31 Å². The molecule has 5 N–H and O–H groups in total. The average molecular weight is 323 g/mol. The van der Waals surface area contributed by atoms with Crippen molar-refractivity contribution in [1.82, 2.24) is 4.57 Å². The van der Waals surface area contributed by atoms with E-state index < -0.39 is 30.6 Å². The normalized spacial score (nSPS) is 36.2. The van der Waals surface area contributed by atoms with Crippen LogP contribution in [0.15, 0.2) is 16.2 Å². The lowest BCUT2D eigenvalue weighted by atomic mass is 9.96. The molecular weight excluding hydrogens is 302 g/mol. The van der Waals surface area contributed by atoms with E-state index in [9.17, 15) is 15.3 Å². The van der Waals surface area contributed by atoms with Gasteiger partial charge in [-0.1, -0.05) is 0 Å². The van der Waals surface area contributed by atoms with Crippen LogP contribution < -0.4 is 10.6 Å². The minimum atomic E-state index is -1.61. The Kier molecular flexibility index (Phi) is 2.95. The van der Waals surface area contributed by atoms with Crippen LogP contribution in [0.1, 0.15) is 20.1 Å². The van der Waals surface area contributed by atoms with Gasteiger partial charge in [-0.2, -0.15) is 0 Å². The van der Waals surface area contributed by atoms with Crippen molar-refractivity contribution in [1.29, 1.82) is 0 Å². The monoisotopic (exact) mass is 323 g/mol. The van der Waals surface area contributed by atoms with Crippen molar-refractivity contribution in [3.8, 4) is 0 Å². The lowest BCUT2D eigenvalue weighted by Gasteiger charge is -2.29. The molecular formula is C14H19N5O4. The summed E-state index contributed by atoms with van der Waals surface area (Å²) in [7, 11) is 0. The van der Waals surface area contributed by atoms with Gasteiger partial charge < -0.3 is 35.3 Å². The average Bonchev–Trinajstić information content (AvgIpc) is 2.89. The van der Waals surface area contributed by atoms with Crippen molar-refractivity contribution in [2.24, 2.45) is 9.98 Å². The first kappa shape index (κ1) is 13.5. The van der Waals surface area contributed by atoms with E-state index in [1.54, 1.807) is 10.8 Å². The van der Waals surface area contributed by atoms with Gasteiger partial charge in [0.15, 0.2) is 12.1 Å². The maximum absolute atomic E-state index is 10.7. The quantitative estimate of drug-likeness (QED) is 0.481. The second kappa shape index (κ2) is 5.03. The van der Waals surface area contributed by atoms with E-state index in [1.807, 2.05) is 0 Å². The van der Waals surface area contributed by atoms with Crippen molar-refractivity contribution in [2.75, 3.05) is 30.3 Å². The van der Waals surface area contributed by atoms with Crippen molar-refractivity contribution in [3.05, 3.63) is 11.8 Å². The largest absolute Gasteiger partial charge is 0.394 e. The molecule has 1 saturated heterocycles. The maximum atomic E-state index is 10.7. The molecule has 9 heteroatoms. The Morgan fingerprint density at radius 3 is 3.17 bits per heavy atom. The van der Waals surface area contributed by atoms with Crippen LogP contribution >= 0.6 is 0 Å². The Balaban J connectivity index is 1.84. The standard InChI is InChI=1S/C14H19N5O4/c1-14(22)10(21)8(5-20)23-13(14)19-4-7-9-11(16-3-2-15-7)17-6-18-12(9)19/h4,6,8,10,13,15,20-22H,2-3,5H2,1H3,(H,16,17,18)/t8-,10-,13-,14?/m1/s1/i6T. The molecule has 3 aliphatic heterocycles. The minimum Gasteiger partial charge on any atom is -0.394 e. The van der Waals surface area contributed by atoms with Gasteiger partial charge in [0, 0.05) is 12.7 Å². The van der Waals surface area contributed by atoms with Gasteiger partial charge in [0.1, 0.15) is 25.0 Å². The smallest absolute Gasteiger partial charge is 0.167 e. The lowest BCUT2D eigenvalue weighted by molar-refractivity contribution is -0.0954. The molecule has 124 valence electrons. The van der Waals surface area contributed by atoms with Crippen LogP contribution in [-0.2, 0) is 4.74 Å². The summed E-state index contributed by atoms with van der Waals surface area (Å²) in [5.41, 5.74) is -0.159. The van der Waals surface area contributed by atoms with Gasteiger partial charge >= 0.3 is 0 Å². The molecule has 0 amide bonds. The third-order valence-electron chi connectivity index (χ3n) is 4.47. The highest BCUT2D eigenvalue weighted by Gasteiger charge is 2.53. The van der Waals surface area contributed by atoms with E-state index in [2.05, 4.69) is 20.6 Å². The first-order chi connectivity index (χ1) is 11.4. The number of rotatable bonds is 2. The van der Waals surface area contributed by atoms with Crippen LogP contribution in [0.4, 0.5) is 11.5 Å². The van der Waals surface area contributed by atoms with Gasteiger partial charge in [-0.25, -0.2) is 4.99 Å². The Hall–Kier alpha value is -1.94. The minimum absolute atomic E-state index is 0.0639. The van der Waals surface area contributed by atoms with E-state index >= 15 is 0 Å². The molecule has 1 fully saturated rings. The fourth-order valence-electron chi connectivity index (χ4n) is 3.24. The summed E-state index contributed by atoms with van der Waals surface area (Å²) in [5, 5.41) is 36.4. The van der Waals surface area contributed by atoms with Crippen LogP contribution in [0.2, 0.25) is 0 Å². The van der Waals surface area contributed by atoms with Crippen LogP contribution in [-0.4, -0.2) is 69.5 Å². The number of aromatic nitrogens is 1. The van der Waals surface area contributed by atoms with Crippen LogP contribution in [0, 0.1) is 0 Å². The van der Waals surface area contributed by atoms with Gasteiger partial charge in [-0.15, -0.1) is 0 Å². The van der Waals surface area contributed by atoms with Crippen molar-refractivity contribution >= 4 is 23.7 Å². The SMILES string of the molecule is [3H]C1=NC2=NCCNc3cn([C@@H]4O[C@H](CO)[C@@H](O)C4(C)O)c(c32)N1. The molecule has 1 unspecified atom stereocenters. The molecule has 1 aromatic rings. The van der Waals surface area contributed by atoms with Gasteiger partial charge in [0.25, 0.3) is 0 Å². The molecule has 9 nitrogen and oxygen atoms in total. The third kappa shape index (κ3) is 2.01. The molecule has 0 aromatic carbocycles. The molecule has 0 bridgehead atoms. The van der Waals surface area contributed by atoms with Crippen molar-refractivity contribution in [2.45, 2.75) is 31.0 Å². The molecule has 4 heterocycles. The highest BCUT2D eigenvalue weighted by atomic mass is 16.6. The third-order valence-corrected chi connectivity index (χ3v) is 4.47. The second-order valence-corrected chi connectivity index (χ2v) is 6.03. The lowest BCUT2D eigenvalue weighted by Crippen LogP contribution is -2.44. The summed E-state index contributed by atoms with van der Waals surface area (Å²) in [4.78, 5) is 8.48. The molecule has 4 atom stereocenters. The van der Waals surface area contributed by atoms with E-state index in [0.29, 0.717) is 30.3 Å². The topological polar surface area (TPSA) is 124 Å². The fourth-order valence-corrected chi connectivity index (χ4v) is 3.24. The number of nitrogens with one attached hydrogen (secondary N) is 2. The number of aliphatic hydroxyl groups excluding tert-OH is 2. The molecule has 0 spiro atoms. The second-order valence-electron chi connectivity index (χ2n) is 6.03. The van der Waals surface area contributed by atoms with E-state index in [0.717, 1.165) is 5.69 Å². The molecule has 0 radical (unpaired) electrons. The first-order valence-electron chi connectivity index (χ1n) is 7.96. The summed E-state index contributed by atoms with van der Waals surface area (Å²) < 4.78 is 15.1. The Morgan fingerprint density at radius 2 is 2.43 bits per heavy atom. The van der Waals surface area contributed by atoms with E-state index in [4.69, 9.17) is 6.11 Å². The molecule has 0 saturated carbocycles. The highest BCUT2D eigenvalue weighted by Crippen LogP contribution is 2.43. The number of aliphatic imine (C=N–C) groups is 2. The summed E-state index contributed by atoms with van der Waals surface area (Å²) in [5.74, 6) is 0.957. The van der Waals surface area contributed by atoms with Crippen molar-refractivity contribution < 1.29 is 21.4 Å². The predicted octanol–water partition coefficient (Wildman–Crippen LogP) is -0.884. The van der Waals surface area contributed by atoms with Gasteiger partial charge in [0.2, 0.25) is 0 Å². The number of aliphatic hydroxyl groups is 3. The Bertz CT molecular complexity index is 744. The van der Waals surface area contributed by atoms with Crippen LogP contribution in [0.25, 0.3) is 0 Å². The number of hydrogen-bond donors (Lipinski definition) is 5. The molecule has 0 aliphatic carbocycles. The zero-order valence-electron chi connectivity index (χ0n) is 13.5. The zero-order chi connectivity index (χ0) is 17.1. The molecule has 1 aromatic heterocycles. The summed E-state index contributed by atoms with van der Waals surface area (Å²) in [6.45, 7) is 2.21. The number of nitrogens with zero attached hydrogens (tertiary/aromatic N) is 3. The summed E-state index contributed by atoms with van der Waals surface area (Å²) in [6, 6.07) is 0. The van der Waals surface area contributed by atoms with E-state index in [1.165, 1.54) is 6.92 Å². The van der Waals surface area contributed by atoms with Gasteiger partial charge in [-0.05, 0) is 6.92 Å². The number of amidine groups is 2. The van der Waals surface area contributed by atoms with Gasteiger partial charge in [-0.3, -0.25) is 4.99 Å². The van der Waals surface area contributed by atoms with Crippen molar-refractivity contribution in [3.63, 3.8) is 0 Å². The summed E-state index contributed by atoms with van der Waals surface area (Å²) >= 11 is 0. The number of hydrogen-bond acceptors (Lipinski definition) is 8. The van der Waals surface area contributed by atoms with Crippen LogP contribution in [0.3, 0.4) is 0 Å². The van der Waals surface area contributed by atoms with Gasteiger partial charge in [0.05, 0.1) is 30.7 Å². The molecule has 3 aliphatic rings. The number of anilines is 2. The predicted molar refractivity (Wildman–Crippen MR) is 84.1 cm³/mol. The van der Waals surface area contributed by atoms with Crippen LogP contribution in [0.5, 0.6) is 0 Å². The summed E-state index contributed by atoms with van der Waals surface area (Å²) in [6.07, 6.45) is -1.40. The fraction of sp³-hybridized carbons (Fsp3) is 0.571. The number of ether oxygens (including phenoxy) is 1.